The van der Waals surface area contributed by atoms with Crippen molar-refractivity contribution in [2.75, 3.05) is 0 Å². The van der Waals surface area contributed by atoms with Gasteiger partial charge < -0.3 is 14.9 Å². The molecule has 4 rings (SSSR count). The number of carboxylic acids is 1. The number of amides is 2. The van der Waals surface area contributed by atoms with Gasteiger partial charge in [-0.2, -0.15) is 0 Å². The number of hydrogen-bond acceptors (Lipinski definition) is 4. The number of imide groups is 1. The number of aromatic nitrogens is 1. The summed E-state index contributed by atoms with van der Waals surface area (Å²) in [7, 11) is 0. The van der Waals surface area contributed by atoms with E-state index in [2.05, 4.69) is 4.98 Å². The molecule has 1 aliphatic carbocycles. The number of carbonyl (C=O) groups is 3. The number of para-hydroxylation sites is 1. The second kappa shape index (κ2) is 6.29. The average molecular weight is 372 g/mol. The third kappa shape index (κ3) is 2.70. The molecular formula is C19H16ClN2O4-. The van der Waals surface area contributed by atoms with Crippen molar-refractivity contribution >= 4 is 40.3 Å². The zero-order valence-electron chi connectivity index (χ0n) is 13.8. The standard InChI is InChI=1S/C19H17ClN2O4/c20-11-5-6-13-14(8-11)18(24)22(17(13)23)16(19(25)26)9-12-7-10-3-1-2-4-15(10)21-12/h1-5,7,13-14,16,21H,6,8-9H2,(H,25,26)/p-1. The van der Waals surface area contributed by atoms with E-state index in [1.807, 2.05) is 30.3 Å². The van der Waals surface area contributed by atoms with Gasteiger partial charge in [0, 0.05) is 22.7 Å². The quantitative estimate of drug-likeness (QED) is 0.821. The predicted molar refractivity (Wildman–Crippen MR) is 92.8 cm³/mol. The predicted octanol–water partition coefficient (Wildman–Crippen LogP) is 1.35. The molecule has 26 heavy (non-hydrogen) atoms. The van der Waals surface area contributed by atoms with E-state index in [0.717, 1.165) is 15.8 Å². The molecule has 2 amide bonds. The molecule has 1 saturated heterocycles. The third-order valence-corrected chi connectivity index (χ3v) is 5.49. The first-order valence-corrected chi connectivity index (χ1v) is 8.82. The molecule has 0 spiro atoms. The molecule has 7 heteroatoms. The number of H-pyrrole nitrogens is 1. The lowest BCUT2D eigenvalue weighted by Gasteiger charge is -2.27. The minimum absolute atomic E-state index is 0.0188. The fourth-order valence-corrected chi connectivity index (χ4v) is 4.15. The van der Waals surface area contributed by atoms with Crippen LogP contribution < -0.4 is 5.11 Å². The minimum Gasteiger partial charge on any atom is -0.548 e. The van der Waals surface area contributed by atoms with E-state index in [-0.39, 0.29) is 12.8 Å². The summed E-state index contributed by atoms with van der Waals surface area (Å²) in [6.07, 6.45) is 2.34. The average Bonchev–Trinajstić information content (AvgIpc) is 3.12. The highest BCUT2D eigenvalue weighted by Gasteiger charge is 2.50. The molecule has 2 heterocycles. The molecule has 6 nitrogen and oxygen atoms in total. The summed E-state index contributed by atoms with van der Waals surface area (Å²) < 4.78 is 0. The van der Waals surface area contributed by atoms with Crippen molar-refractivity contribution in [2.24, 2.45) is 11.8 Å². The van der Waals surface area contributed by atoms with Crippen LogP contribution in [0.4, 0.5) is 0 Å². The first-order valence-electron chi connectivity index (χ1n) is 8.44. The second-order valence-corrected chi connectivity index (χ2v) is 7.26. The van der Waals surface area contributed by atoms with Crippen LogP contribution in [0.5, 0.6) is 0 Å². The molecule has 1 aliphatic heterocycles. The van der Waals surface area contributed by atoms with Crippen LogP contribution in [0.2, 0.25) is 0 Å². The van der Waals surface area contributed by atoms with Gasteiger partial charge >= 0.3 is 0 Å². The first-order chi connectivity index (χ1) is 12.5. The monoisotopic (exact) mass is 371 g/mol. The van der Waals surface area contributed by atoms with Crippen molar-refractivity contribution in [1.82, 2.24) is 9.88 Å². The molecule has 2 aromatic rings. The number of carbonyl (C=O) groups excluding carboxylic acids is 3. The highest BCUT2D eigenvalue weighted by Crippen LogP contribution is 2.40. The van der Waals surface area contributed by atoms with Gasteiger partial charge in [-0.15, -0.1) is 0 Å². The number of allylic oxidation sites excluding steroid dienone is 2. The van der Waals surface area contributed by atoms with Crippen molar-refractivity contribution in [3.05, 3.63) is 47.1 Å². The molecule has 3 unspecified atom stereocenters. The number of carboxylic acid groups (broad SMARTS) is 1. The van der Waals surface area contributed by atoms with E-state index >= 15 is 0 Å². The molecular weight excluding hydrogens is 356 g/mol. The normalized spacial score (nSPS) is 23.9. The lowest BCUT2D eigenvalue weighted by molar-refractivity contribution is -0.310. The second-order valence-electron chi connectivity index (χ2n) is 6.77. The molecule has 0 saturated carbocycles. The highest BCUT2D eigenvalue weighted by atomic mass is 35.5. The molecule has 0 bridgehead atoms. The van der Waals surface area contributed by atoms with Crippen molar-refractivity contribution in [1.29, 1.82) is 0 Å². The third-order valence-electron chi connectivity index (χ3n) is 5.19. The Morgan fingerprint density at radius 1 is 1.27 bits per heavy atom. The van der Waals surface area contributed by atoms with Crippen LogP contribution >= 0.6 is 11.6 Å². The molecule has 2 aliphatic rings. The van der Waals surface area contributed by atoms with Gasteiger partial charge in [-0.05, 0) is 30.4 Å². The van der Waals surface area contributed by atoms with Crippen LogP contribution in [-0.4, -0.2) is 33.7 Å². The summed E-state index contributed by atoms with van der Waals surface area (Å²) >= 11 is 6.01. The van der Waals surface area contributed by atoms with Crippen LogP contribution in [0.1, 0.15) is 18.5 Å². The number of benzene rings is 1. The number of aromatic amines is 1. The van der Waals surface area contributed by atoms with Crippen molar-refractivity contribution in [3.8, 4) is 0 Å². The van der Waals surface area contributed by atoms with E-state index in [1.165, 1.54) is 0 Å². The van der Waals surface area contributed by atoms with Crippen LogP contribution in [-0.2, 0) is 20.8 Å². The van der Waals surface area contributed by atoms with Crippen LogP contribution in [0.3, 0.4) is 0 Å². The number of hydrogen-bond donors (Lipinski definition) is 1. The molecule has 1 aromatic heterocycles. The maximum Gasteiger partial charge on any atom is 0.234 e. The van der Waals surface area contributed by atoms with Gasteiger partial charge in [0.25, 0.3) is 0 Å². The summed E-state index contributed by atoms with van der Waals surface area (Å²) in [5, 5.41) is 13.2. The van der Waals surface area contributed by atoms with E-state index in [4.69, 9.17) is 11.6 Å². The molecule has 3 atom stereocenters. The van der Waals surface area contributed by atoms with E-state index in [9.17, 15) is 19.5 Å². The van der Waals surface area contributed by atoms with Crippen LogP contribution in [0, 0.1) is 11.8 Å². The van der Waals surface area contributed by atoms with Crippen LogP contribution in [0.15, 0.2) is 41.4 Å². The topological polar surface area (TPSA) is 93.3 Å². The summed E-state index contributed by atoms with van der Waals surface area (Å²) in [6, 6.07) is 8.01. The zero-order chi connectivity index (χ0) is 18.4. The Bertz CT molecular complexity index is 915. The molecule has 0 radical (unpaired) electrons. The largest absolute Gasteiger partial charge is 0.548 e. The highest BCUT2D eigenvalue weighted by molar-refractivity contribution is 6.30. The van der Waals surface area contributed by atoms with E-state index in [1.54, 1.807) is 6.08 Å². The van der Waals surface area contributed by atoms with Gasteiger partial charge in [0.15, 0.2) is 0 Å². The Hall–Kier alpha value is -2.60. The minimum atomic E-state index is -1.44. The fraction of sp³-hybridized carbons (Fsp3) is 0.316. The van der Waals surface area contributed by atoms with Crippen molar-refractivity contribution < 1.29 is 19.5 Å². The number of rotatable bonds is 4. The Morgan fingerprint density at radius 2 is 2.00 bits per heavy atom. The van der Waals surface area contributed by atoms with Gasteiger partial charge in [0.05, 0.1) is 23.8 Å². The maximum absolute atomic E-state index is 12.7. The molecule has 134 valence electrons. The van der Waals surface area contributed by atoms with Crippen molar-refractivity contribution in [2.45, 2.75) is 25.3 Å². The molecule has 1 fully saturated rings. The number of likely N-dealkylation sites (tertiary alicyclic amines) is 1. The lowest BCUT2D eigenvalue weighted by atomic mass is 9.85. The first kappa shape index (κ1) is 16.8. The number of halogens is 1. The number of nitrogens with zero attached hydrogens (tertiary/aromatic N) is 1. The summed E-state index contributed by atoms with van der Waals surface area (Å²) in [5.41, 5.74) is 1.50. The number of aliphatic carboxylic acids is 1. The van der Waals surface area contributed by atoms with E-state index < -0.39 is 35.7 Å². The Labute approximate surface area is 154 Å². The number of fused-ring (bicyclic) bond motifs is 2. The fourth-order valence-electron chi connectivity index (χ4n) is 3.89. The Morgan fingerprint density at radius 3 is 2.73 bits per heavy atom. The van der Waals surface area contributed by atoms with Gasteiger partial charge in [-0.25, -0.2) is 0 Å². The summed E-state index contributed by atoms with van der Waals surface area (Å²) in [5.74, 6) is -3.48. The van der Waals surface area contributed by atoms with Gasteiger partial charge in [0.1, 0.15) is 0 Å². The van der Waals surface area contributed by atoms with Gasteiger partial charge in [-0.1, -0.05) is 35.9 Å². The number of nitrogens with one attached hydrogen (secondary N) is 1. The maximum atomic E-state index is 12.7. The van der Waals surface area contributed by atoms with Crippen LogP contribution in [0.25, 0.3) is 10.9 Å². The summed E-state index contributed by atoms with van der Waals surface area (Å²) in [4.78, 5) is 41.2. The zero-order valence-corrected chi connectivity index (χ0v) is 14.5. The van der Waals surface area contributed by atoms with Gasteiger partial charge in [0.2, 0.25) is 11.8 Å². The Balaban J connectivity index is 1.63. The van der Waals surface area contributed by atoms with E-state index in [0.29, 0.717) is 17.1 Å². The Kier molecular flexibility index (Phi) is 4.07. The molecule has 1 aromatic carbocycles. The molecule has 1 N–H and O–H groups in total. The van der Waals surface area contributed by atoms with Gasteiger partial charge in [-0.3, -0.25) is 14.5 Å². The van der Waals surface area contributed by atoms with Crippen molar-refractivity contribution in [3.63, 3.8) is 0 Å². The SMILES string of the molecule is O=C([O-])C(Cc1cc2ccccc2[nH]1)N1C(=O)C2CC=C(Cl)CC2C1=O. The summed E-state index contributed by atoms with van der Waals surface area (Å²) in [6.45, 7) is 0. The lowest BCUT2D eigenvalue weighted by Crippen LogP contribution is -2.52. The smallest absolute Gasteiger partial charge is 0.234 e.